The molecule has 6 nitrogen and oxygen atoms in total. The number of hydrogen-bond donors (Lipinski definition) is 3. The predicted octanol–water partition coefficient (Wildman–Crippen LogP) is 2.14. The number of aromatic nitrogens is 2. The van der Waals surface area contributed by atoms with Crippen LogP contribution in [-0.4, -0.2) is 9.97 Å². The van der Waals surface area contributed by atoms with Crippen molar-refractivity contribution in [3.05, 3.63) is 40.6 Å². The van der Waals surface area contributed by atoms with Crippen LogP contribution in [0.2, 0.25) is 0 Å². The van der Waals surface area contributed by atoms with Crippen LogP contribution >= 0.6 is 15.9 Å². The molecule has 0 aliphatic carbocycles. The molecule has 0 aliphatic heterocycles. The minimum atomic E-state index is 0.440. The molecule has 0 radical (unpaired) electrons. The van der Waals surface area contributed by atoms with Crippen molar-refractivity contribution in [2.24, 2.45) is 5.84 Å². The Morgan fingerprint density at radius 3 is 2.78 bits per heavy atom. The Bertz CT molecular complexity index is 607. The normalized spacial score (nSPS) is 9.61. The van der Waals surface area contributed by atoms with Crippen LogP contribution in [-0.2, 0) is 0 Å². The van der Waals surface area contributed by atoms with E-state index in [0.29, 0.717) is 22.9 Å². The van der Waals surface area contributed by atoms with Gasteiger partial charge in [0.25, 0.3) is 0 Å². The Morgan fingerprint density at radius 1 is 1.28 bits per heavy atom. The van der Waals surface area contributed by atoms with Crippen molar-refractivity contribution in [3.63, 3.8) is 0 Å². The van der Waals surface area contributed by atoms with Gasteiger partial charge in [0.2, 0.25) is 0 Å². The van der Waals surface area contributed by atoms with Gasteiger partial charge in [0.15, 0.2) is 11.6 Å². The molecule has 0 fully saturated rings. The zero-order valence-electron chi connectivity index (χ0n) is 9.18. The first-order valence-corrected chi connectivity index (χ1v) is 5.77. The maximum Gasteiger partial charge on any atom is 0.160 e. The summed E-state index contributed by atoms with van der Waals surface area (Å²) in [7, 11) is 0. The van der Waals surface area contributed by atoms with E-state index in [2.05, 4.69) is 42.7 Å². The third kappa shape index (κ3) is 2.74. The number of halogens is 1. The number of rotatable bonds is 3. The molecule has 0 saturated carbocycles. The number of nitrogen functional groups attached to an aromatic ring is 1. The number of nitrogens with one attached hydrogen (secondary N) is 2. The fraction of sp³-hybridized carbons (Fsp3) is 0. The van der Waals surface area contributed by atoms with E-state index >= 15 is 0 Å². The average Bonchev–Trinajstić information content (AvgIpc) is 2.41. The number of hydrazine groups is 1. The summed E-state index contributed by atoms with van der Waals surface area (Å²) in [5, 5.41) is 12.1. The van der Waals surface area contributed by atoms with Gasteiger partial charge in [-0.15, -0.1) is 0 Å². The molecule has 1 heterocycles. The van der Waals surface area contributed by atoms with Crippen molar-refractivity contribution in [1.29, 1.82) is 5.26 Å². The number of nitrogens with zero attached hydrogens (tertiary/aromatic N) is 3. The molecular weight excluding hydrogens is 296 g/mol. The smallest absolute Gasteiger partial charge is 0.160 e. The highest BCUT2D eigenvalue weighted by atomic mass is 79.9. The maximum atomic E-state index is 9.04. The Labute approximate surface area is 112 Å². The number of anilines is 3. The standard InChI is InChI=1S/C11H9BrN6/c12-8-1-2-9(7(3-8)4-13)16-10-5-15-6-11(17-10)18-14/h1-3,5-6H,14H2,(H2,16,17,18). The molecular formula is C11H9BrN6. The van der Waals surface area contributed by atoms with Crippen molar-refractivity contribution in [2.75, 3.05) is 10.7 Å². The molecule has 0 bridgehead atoms. The summed E-state index contributed by atoms with van der Waals surface area (Å²) in [6.07, 6.45) is 3.04. The molecule has 2 aromatic rings. The van der Waals surface area contributed by atoms with Gasteiger partial charge in [-0.1, -0.05) is 15.9 Å². The topological polar surface area (TPSA) is 99.7 Å². The van der Waals surface area contributed by atoms with Crippen LogP contribution in [0.3, 0.4) is 0 Å². The molecule has 0 aliphatic rings. The van der Waals surface area contributed by atoms with Crippen LogP contribution in [0.4, 0.5) is 17.3 Å². The van der Waals surface area contributed by atoms with Crippen molar-refractivity contribution < 1.29 is 0 Å². The van der Waals surface area contributed by atoms with Gasteiger partial charge >= 0.3 is 0 Å². The molecule has 0 unspecified atom stereocenters. The van der Waals surface area contributed by atoms with Crippen LogP contribution in [0, 0.1) is 11.3 Å². The van der Waals surface area contributed by atoms with Gasteiger partial charge in [0, 0.05) is 4.47 Å². The second-order valence-corrected chi connectivity index (χ2v) is 4.28. The highest BCUT2D eigenvalue weighted by molar-refractivity contribution is 9.10. The van der Waals surface area contributed by atoms with Crippen LogP contribution in [0.1, 0.15) is 5.56 Å². The van der Waals surface area contributed by atoms with E-state index in [1.807, 2.05) is 6.07 Å². The van der Waals surface area contributed by atoms with E-state index in [0.717, 1.165) is 4.47 Å². The highest BCUT2D eigenvalue weighted by Gasteiger charge is 2.04. The van der Waals surface area contributed by atoms with Crippen molar-refractivity contribution in [3.8, 4) is 6.07 Å². The van der Waals surface area contributed by atoms with E-state index in [9.17, 15) is 0 Å². The Hall–Kier alpha value is -2.17. The van der Waals surface area contributed by atoms with Gasteiger partial charge in [0.05, 0.1) is 23.6 Å². The van der Waals surface area contributed by atoms with Crippen molar-refractivity contribution in [2.45, 2.75) is 0 Å². The second-order valence-electron chi connectivity index (χ2n) is 3.36. The van der Waals surface area contributed by atoms with Gasteiger partial charge < -0.3 is 10.7 Å². The number of hydrogen-bond acceptors (Lipinski definition) is 6. The summed E-state index contributed by atoms with van der Waals surface area (Å²) in [5.41, 5.74) is 3.57. The van der Waals surface area contributed by atoms with E-state index in [1.165, 1.54) is 6.20 Å². The predicted molar refractivity (Wildman–Crippen MR) is 72.0 cm³/mol. The first-order valence-electron chi connectivity index (χ1n) is 4.98. The van der Waals surface area contributed by atoms with E-state index in [1.54, 1.807) is 18.3 Å². The molecule has 90 valence electrons. The zero-order chi connectivity index (χ0) is 13.0. The molecule has 7 heteroatoms. The largest absolute Gasteiger partial charge is 0.338 e. The van der Waals surface area contributed by atoms with Gasteiger partial charge in [-0.25, -0.2) is 10.8 Å². The SMILES string of the molecule is N#Cc1cc(Br)ccc1Nc1cncc(NN)n1. The number of nitriles is 1. The highest BCUT2D eigenvalue weighted by Crippen LogP contribution is 2.23. The van der Waals surface area contributed by atoms with Crippen molar-refractivity contribution in [1.82, 2.24) is 9.97 Å². The van der Waals surface area contributed by atoms with E-state index in [4.69, 9.17) is 11.1 Å². The van der Waals surface area contributed by atoms with Gasteiger partial charge in [-0.3, -0.25) is 4.98 Å². The van der Waals surface area contributed by atoms with E-state index in [-0.39, 0.29) is 0 Å². The molecule has 0 atom stereocenters. The second kappa shape index (κ2) is 5.44. The molecule has 0 spiro atoms. The molecule has 1 aromatic carbocycles. The summed E-state index contributed by atoms with van der Waals surface area (Å²) in [5.74, 6) is 6.19. The van der Waals surface area contributed by atoms with Crippen LogP contribution in [0.5, 0.6) is 0 Å². The van der Waals surface area contributed by atoms with Crippen LogP contribution in [0.15, 0.2) is 35.1 Å². The monoisotopic (exact) mass is 304 g/mol. The lowest BCUT2D eigenvalue weighted by molar-refractivity contribution is 1.16. The van der Waals surface area contributed by atoms with Gasteiger partial charge in [-0.05, 0) is 18.2 Å². The Morgan fingerprint density at radius 2 is 2.06 bits per heavy atom. The van der Waals surface area contributed by atoms with E-state index < -0.39 is 0 Å². The fourth-order valence-electron chi connectivity index (χ4n) is 1.35. The van der Waals surface area contributed by atoms with Crippen LogP contribution in [0.25, 0.3) is 0 Å². The molecule has 1 aromatic heterocycles. The molecule has 2 rings (SSSR count). The summed E-state index contributed by atoms with van der Waals surface area (Å²) < 4.78 is 0.841. The third-order valence-corrected chi connectivity index (χ3v) is 2.64. The first kappa shape index (κ1) is 12.3. The Balaban J connectivity index is 2.31. The molecule has 0 saturated heterocycles. The fourth-order valence-corrected chi connectivity index (χ4v) is 1.71. The minimum Gasteiger partial charge on any atom is -0.338 e. The summed E-state index contributed by atoms with van der Waals surface area (Å²) in [4.78, 5) is 8.12. The maximum absolute atomic E-state index is 9.04. The molecule has 18 heavy (non-hydrogen) atoms. The molecule has 0 amide bonds. The summed E-state index contributed by atoms with van der Waals surface area (Å²) in [6, 6.07) is 7.45. The Kier molecular flexibility index (Phi) is 3.72. The third-order valence-electron chi connectivity index (χ3n) is 2.15. The quantitative estimate of drug-likeness (QED) is 0.593. The first-order chi connectivity index (χ1) is 8.72. The van der Waals surface area contributed by atoms with Gasteiger partial charge in [0.1, 0.15) is 6.07 Å². The molecule has 4 N–H and O–H groups in total. The van der Waals surface area contributed by atoms with Crippen LogP contribution < -0.4 is 16.6 Å². The lowest BCUT2D eigenvalue weighted by atomic mass is 10.2. The lowest BCUT2D eigenvalue weighted by Gasteiger charge is -2.08. The minimum absolute atomic E-state index is 0.440. The van der Waals surface area contributed by atoms with Gasteiger partial charge in [-0.2, -0.15) is 5.26 Å². The summed E-state index contributed by atoms with van der Waals surface area (Å²) in [6.45, 7) is 0. The number of nitrogens with two attached hydrogens (primary N) is 1. The zero-order valence-corrected chi connectivity index (χ0v) is 10.8. The lowest BCUT2D eigenvalue weighted by Crippen LogP contribution is -2.09. The average molecular weight is 305 g/mol. The number of benzene rings is 1. The van der Waals surface area contributed by atoms with Crippen molar-refractivity contribution >= 4 is 33.3 Å². The summed E-state index contributed by atoms with van der Waals surface area (Å²) >= 11 is 3.31.